The Hall–Kier alpha value is -1.76. The summed E-state index contributed by atoms with van der Waals surface area (Å²) < 4.78 is 26.4. The molecule has 5 nitrogen and oxygen atoms in total. The number of nitrogens with zero attached hydrogens (tertiary/aromatic N) is 1. The van der Waals surface area contributed by atoms with E-state index in [0.29, 0.717) is 16.5 Å². The third-order valence-corrected chi connectivity index (χ3v) is 7.28. The van der Waals surface area contributed by atoms with Crippen molar-refractivity contribution in [3.8, 4) is 0 Å². The van der Waals surface area contributed by atoms with Crippen LogP contribution in [-0.4, -0.2) is 26.6 Å². The molecule has 3 rings (SSSR count). The molecular weight excluding hydrogens is 455 g/mol. The predicted molar refractivity (Wildman–Crippen MR) is 128 cm³/mol. The zero-order chi connectivity index (χ0) is 22.8. The van der Waals surface area contributed by atoms with Gasteiger partial charge in [0.1, 0.15) is 6.04 Å². The van der Waals surface area contributed by atoms with Crippen LogP contribution in [0.2, 0.25) is 10.0 Å². The van der Waals surface area contributed by atoms with E-state index in [9.17, 15) is 13.2 Å². The van der Waals surface area contributed by atoms with Gasteiger partial charge in [-0.1, -0.05) is 48.3 Å². The molecule has 0 aromatic heterocycles. The first-order chi connectivity index (χ1) is 14.6. The molecule has 31 heavy (non-hydrogen) atoms. The van der Waals surface area contributed by atoms with Gasteiger partial charge in [-0.2, -0.15) is 0 Å². The molecule has 0 bridgehead atoms. The molecule has 0 saturated carbocycles. The lowest BCUT2D eigenvalue weighted by atomic mass is 9.89. The second-order valence-electron chi connectivity index (χ2n) is 8.08. The molecule has 0 saturated heterocycles. The average Bonchev–Trinajstić information content (AvgIpc) is 2.69. The highest BCUT2D eigenvalue weighted by atomic mass is 35.5. The third kappa shape index (κ3) is 5.73. The van der Waals surface area contributed by atoms with Gasteiger partial charge in [0.15, 0.2) is 0 Å². The Bertz CT molecular complexity index is 1050. The number of amides is 1. The van der Waals surface area contributed by atoms with Crippen LogP contribution >= 0.6 is 23.2 Å². The van der Waals surface area contributed by atoms with Crippen LogP contribution < -0.4 is 9.62 Å². The van der Waals surface area contributed by atoms with E-state index in [-0.39, 0.29) is 17.6 Å². The van der Waals surface area contributed by atoms with Gasteiger partial charge >= 0.3 is 0 Å². The Kier molecular flexibility index (Phi) is 7.55. The van der Waals surface area contributed by atoms with E-state index in [1.807, 2.05) is 13.0 Å². The van der Waals surface area contributed by atoms with Crippen molar-refractivity contribution in [3.05, 3.63) is 63.1 Å². The van der Waals surface area contributed by atoms with E-state index in [0.717, 1.165) is 29.0 Å². The minimum atomic E-state index is -3.77. The van der Waals surface area contributed by atoms with E-state index < -0.39 is 16.1 Å². The number of hydrogen-bond donors (Lipinski definition) is 1. The molecule has 0 radical (unpaired) electrons. The molecule has 0 heterocycles. The maximum absolute atomic E-state index is 13.2. The number of carbonyl (C=O) groups is 1. The van der Waals surface area contributed by atoms with Crippen molar-refractivity contribution in [1.82, 2.24) is 5.32 Å². The summed E-state index contributed by atoms with van der Waals surface area (Å²) in [5.74, 6) is -0.366. The van der Waals surface area contributed by atoms with Crippen molar-refractivity contribution < 1.29 is 13.2 Å². The molecule has 1 aliphatic carbocycles. The fraction of sp³-hybridized carbons (Fsp3) is 0.435. The second-order valence-corrected chi connectivity index (χ2v) is 10.8. The number of hydrogen-bond acceptors (Lipinski definition) is 3. The molecular formula is C23H28Cl2N2O3S. The lowest BCUT2D eigenvalue weighted by Gasteiger charge is -2.31. The van der Waals surface area contributed by atoms with Gasteiger partial charge < -0.3 is 5.32 Å². The van der Waals surface area contributed by atoms with Gasteiger partial charge in [0.2, 0.25) is 15.9 Å². The molecule has 2 aromatic rings. The summed E-state index contributed by atoms with van der Waals surface area (Å²) in [5.41, 5.74) is 3.99. The summed E-state index contributed by atoms with van der Waals surface area (Å²) in [6, 6.07) is 9.68. The monoisotopic (exact) mass is 482 g/mol. The average molecular weight is 483 g/mol. The number of halogens is 2. The topological polar surface area (TPSA) is 66.5 Å². The lowest BCUT2D eigenvalue weighted by molar-refractivity contribution is -0.122. The number of sulfonamides is 1. The first kappa shape index (κ1) is 23.9. The summed E-state index contributed by atoms with van der Waals surface area (Å²) in [4.78, 5) is 13.2. The van der Waals surface area contributed by atoms with Gasteiger partial charge in [-0.3, -0.25) is 9.10 Å². The number of fused-ring (bicyclic) bond motifs is 1. The van der Waals surface area contributed by atoms with Crippen molar-refractivity contribution in [1.29, 1.82) is 0 Å². The van der Waals surface area contributed by atoms with Crippen molar-refractivity contribution in [2.24, 2.45) is 0 Å². The lowest BCUT2D eigenvalue weighted by Crippen LogP contribution is -2.49. The normalized spacial score (nSPS) is 15.6. The van der Waals surface area contributed by atoms with Gasteiger partial charge in [-0.05, 0) is 73.9 Å². The Labute approximate surface area is 194 Å². The van der Waals surface area contributed by atoms with Crippen molar-refractivity contribution in [2.45, 2.75) is 58.0 Å². The highest BCUT2D eigenvalue weighted by Crippen LogP contribution is 2.30. The van der Waals surface area contributed by atoms with Gasteiger partial charge in [0.25, 0.3) is 0 Å². The maximum atomic E-state index is 13.2. The van der Waals surface area contributed by atoms with Crippen LogP contribution in [0.5, 0.6) is 0 Å². The Morgan fingerprint density at radius 3 is 2.26 bits per heavy atom. The summed E-state index contributed by atoms with van der Waals surface area (Å²) in [5, 5.41) is 3.59. The molecule has 1 aliphatic rings. The molecule has 0 fully saturated rings. The number of benzene rings is 2. The molecule has 0 spiro atoms. The summed E-state index contributed by atoms with van der Waals surface area (Å²) in [6.45, 7) is 3.69. The molecule has 168 valence electrons. The first-order valence-electron chi connectivity index (χ1n) is 10.5. The van der Waals surface area contributed by atoms with Crippen LogP contribution in [-0.2, 0) is 27.7 Å². The summed E-state index contributed by atoms with van der Waals surface area (Å²) in [7, 11) is -3.77. The third-order valence-electron chi connectivity index (χ3n) is 5.66. The fourth-order valence-corrected chi connectivity index (χ4v) is 5.85. The van der Waals surface area contributed by atoms with Crippen LogP contribution in [0.4, 0.5) is 5.69 Å². The van der Waals surface area contributed by atoms with Crippen molar-refractivity contribution in [3.63, 3.8) is 0 Å². The minimum absolute atomic E-state index is 0.252. The van der Waals surface area contributed by atoms with Gasteiger partial charge in [0, 0.05) is 10.0 Å². The van der Waals surface area contributed by atoms with Crippen molar-refractivity contribution in [2.75, 3.05) is 10.6 Å². The van der Waals surface area contributed by atoms with Crippen LogP contribution in [0.25, 0.3) is 0 Å². The second kappa shape index (κ2) is 9.80. The zero-order valence-corrected chi connectivity index (χ0v) is 20.3. The van der Waals surface area contributed by atoms with Gasteiger partial charge in [-0.25, -0.2) is 8.42 Å². The molecule has 1 amide bonds. The standard InChI is InChI=1S/C23H28Cl2N2O3S/c1-4-22(27(31(3,29)30)21-13-19(24)12-20(25)14-21)23(28)26-15(2)17-10-9-16-7-5-6-8-18(16)11-17/h9-15,22H,4-8H2,1-3H3,(H,26,28)/t15-,22+/m1/s1. The highest BCUT2D eigenvalue weighted by molar-refractivity contribution is 7.92. The quantitative estimate of drug-likeness (QED) is 0.582. The van der Waals surface area contributed by atoms with Crippen LogP contribution in [0, 0.1) is 0 Å². The Morgan fingerprint density at radius 2 is 1.68 bits per heavy atom. The number of anilines is 1. The number of nitrogens with one attached hydrogen (secondary N) is 1. The Morgan fingerprint density at radius 1 is 1.06 bits per heavy atom. The summed E-state index contributed by atoms with van der Waals surface area (Å²) in [6.07, 6.45) is 5.91. The number of carbonyl (C=O) groups excluding carboxylic acids is 1. The number of rotatable bonds is 7. The van der Waals surface area contributed by atoms with E-state index in [1.165, 1.54) is 42.2 Å². The highest BCUT2D eigenvalue weighted by Gasteiger charge is 2.32. The van der Waals surface area contributed by atoms with Gasteiger partial charge in [-0.15, -0.1) is 0 Å². The zero-order valence-electron chi connectivity index (χ0n) is 18.0. The molecule has 2 aromatic carbocycles. The smallest absolute Gasteiger partial charge is 0.244 e. The Balaban J connectivity index is 1.86. The molecule has 8 heteroatoms. The van der Waals surface area contributed by atoms with E-state index in [4.69, 9.17) is 23.2 Å². The SMILES string of the molecule is CC[C@@H](C(=O)N[C@H](C)c1ccc2c(c1)CCCC2)N(c1cc(Cl)cc(Cl)c1)S(C)(=O)=O. The first-order valence-corrected chi connectivity index (χ1v) is 13.1. The molecule has 0 aliphatic heterocycles. The maximum Gasteiger partial charge on any atom is 0.244 e. The van der Waals surface area contributed by atoms with Gasteiger partial charge in [0.05, 0.1) is 18.0 Å². The van der Waals surface area contributed by atoms with E-state index >= 15 is 0 Å². The fourth-order valence-electron chi connectivity index (χ4n) is 4.14. The molecule has 2 atom stereocenters. The van der Waals surface area contributed by atoms with Crippen molar-refractivity contribution >= 4 is 44.8 Å². The minimum Gasteiger partial charge on any atom is -0.348 e. The van der Waals surface area contributed by atoms with Crippen LogP contribution in [0.3, 0.4) is 0 Å². The number of aryl methyl sites for hydroxylation is 2. The summed E-state index contributed by atoms with van der Waals surface area (Å²) >= 11 is 12.2. The molecule has 0 unspecified atom stereocenters. The predicted octanol–water partition coefficient (Wildman–Crippen LogP) is 5.29. The van der Waals surface area contributed by atoms with E-state index in [1.54, 1.807) is 6.92 Å². The molecule has 1 N–H and O–H groups in total. The van der Waals surface area contributed by atoms with Crippen LogP contribution in [0.1, 0.15) is 55.8 Å². The van der Waals surface area contributed by atoms with Crippen LogP contribution in [0.15, 0.2) is 36.4 Å². The van der Waals surface area contributed by atoms with E-state index in [2.05, 4.69) is 17.4 Å². The largest absolute Gasteiger partial charge is 0.348 e.